The fraction of sp³-hybridized carbons (Fsp3) is 0.583. The van der Waals surface area contributed by atoms with Crippen LogP contribution < -0.4 is 5.32 Å². The van der Waals surface area contributed by atoms with Gasteiger partial charge < -0.3 is 9.84 Å². The Labute approximate surface area is 177 Å². The number of hydrogen-bond donors (Lipinski definition) is 1. The monoisotopic (exact) mass is 412 g/mol. The minimum atomic E-state index is -0.0822. The fourth-order valence-electron chi connectivity index (χ4n) is 7.00. The summed E-state index contributed by atoms with van der Waals surface area (Å²) in [5, 5.41) is 8.16. The molecule has 0 radical (unpaired) electrons. The van der Waals surface area contributed by atoms with Gasteiger partial charge in [-0.15, -0.1) is 0 Å². The molecule has 1 aromatic carbocycles. The van der Waals surface area contributed by atoms with E-state index in [1.165, 1.54) is 38.5 Å². The van der Waals surface area contributed by atoms with Crippen LogP contribution in [0.4, 0.5) is 0 Å². The second kappa shape index (κ2) is 7.16. The Hall–Kier alpha value is -1.81. The van der Waals surface area contributed by atoms with Gasteiger partial charge in [0.1, 0.15) is 17.0 Å². The molecule has 0 saturated heterocycles. The summed E-state index contributed by atoms with van der Waals surface area (Å²) < 4.78 is 5.42. The number of benzene rings is 1. The van der Waals surface area contributed by atoms with Crippen molar-refractivity contribution >= 4 is 17.5 Å². The molecule has 1 amide bonds. The fourth-order valence-corrected chi connectivity index (χ4v) is 7.22. The Morgan fingerprint density at radius 1 is 1.21 bits per heavy atom. The van der Waals surface area contributed by atoms with Gasteiger partial charge in [-0.2, -0.15) is 0 Å². The van der Waals surface area contributed by atoms with Crippen molar-refractivity contribution in [3.63, 3.8) is 0 Å². The van der Waals surface area contributed by atoms with E-state index in [0.717, 1.165) is 29.7 Å². The molecule has 6 rings (SSSR count). The number of carbonyl (C=O) groups excluding carboxylic acids is 1. The summed E-state index contributed by atoms with van der Waals surface area (Å²) in [7, 11) is 0. The van der Waals surface area contributed by atoms with E-state index in [1.54, 1.807) is 6.92 Å². The van der Waals surface area contributed by atoms with E-state index in [9.17, 15) is 4.79 Å². The Balaban J connectivity index is 1.43. The third-order valence-corrected chi connectivity index (χ3v) is 8.09. The molecule has 154 valence electrons. The summed E-state index contributed by atoms with van der Waals surface area (Å²) in [6.07, 6.45) is 9.01. The molecule has 4 aliphatic carbocycles. The van der Waals surface area contributed by atoms with Gasteiger partial charge in [0.2, 0.25) is 0 Å². The van der Waals surface area contributed by atoms with Crippen molar-refractivity contribution in [1.29, 1.82) is 0 Å². The van der Waals surface area contributed by atoms with Gasteiger partial charge in [0.25, 0.3) is 5.91 Å². The van der Waals surface area contributed by atoms with E-state index < -0.39 is 0 Å². The summed E-state index contributed by atoms with van der Waals surface area (Å²) >= 11 is 6.38. The van der Waals surface area contributed by atoms with Crippen molar-refractivity contribution in [3.8, 4) is 11.3 Å². The zero-order valence-electron chi connectivity index (χ0n) is 17.2. The number of amides is 1. The Morgan fingerprint density at radius 2 is 1.83 bits per heavy atom. The summed E-state index contributed by atoms with van der Waals surface area (Å²) in [6, 6.07) is 7.67. The molecule has 0 spiro atoms. The van der Waals surface area contributed by atoms with Crippen molar-refractivity contribution in [3.05, 3.63) is 40.6 Å². The molecule has 1 heterocycles. The van der Waals surface area contributed by atoms with Crippen molar-refractivity contribution in [2.24, 2.45) is 23.2 Å². The molecule has 29 heavy (non-hydrogen) atoms. The molecule has 5 heteroatoms. The van der Waals surface area contributed by atoms with Gasteiger partial charge in [0.15, 0.2) is 0 Å². The SMILES string of the molecule is CC[C@@H](NC(=O)c1c(-c2ccccc2Cl)noc1C)C12CC3CC(CC(C3)C1)C2. The van der Waals surface area contributed by atoms with Gasteiger partial charge in [-0.05, 0) is 81.1 Å². The van der Waals surface area contributed by atoms with Gasteiger partial charge >= 0.3 is 0 Å². The molecule has 0 unspecified atom stereocenters. The van der Waals surface area contributed by atoms with Crippen LogP contribution in [-0.4, -0.2) is 17.1 Å². The lowest BCUT2D eigenvalue weighted by molar-refractivity contribution is -0.0727. The molecule has 4 saturated carbocycles. The number of rotatable bonds is 5. The maximum absolute atomic E-state index is 13.4. The highest BCUT2D eigenvalue weighted by Gasteiger charge is 2.54. The van der Waals surface area contributed by atoms with E-state index in [0.29, 0.717) is 22.0 Å². The van der Waals surface area contributed by atoms with Crippen molar-refractivity contribution in [1.82, 2.24) is 10.5 Å². The van der Waals surface area contributed by atoms with Crippen LogP contribution in [0.2, 0.25) is 5.02 Å². The first-order valence-electron chi connectivity index (χ1n) is 11.0. The number of halogens is 1. The number of hydrogen-bond acceptors (Lipinski definition) is 3. The maximum atomic E-state index is 13.4. The van der Waals surface area contributed by atoms with Gasteiger partial charge in [-0.3, -0.25) is 4.79 Å². The highest BCUT2D eigenvalue weighted by molar-refractivity contribution is 6.33. The number of nitrogens with one attached hydrogen (secondary N) is 1. The van der Waals surface area contributed by atoms with E-state index in [2.05, 4.69) is 17.4 Å². The summed E-state index contributed by atoms with van der Waals surface area (Å²) in [4.78, 5) is 13.4. The summed E-state index contributed by atoms with van der Waals surface area (Å²) in [5.41, 5.74) is 2.06. The lowest BCUT2D eigenvalue weighted by atomic mass is 9.47. The van der Waals surface area contributed by atoms with Crippen LogP contribution in [0.25, 0.3) is 11.3 Å². The molecule has 1 N–H and O–H groups in total. The Kier molecular flexibility index (Phi) is 4.73. The van der Waals surface area contributed by atoms with E-state index in [-0.39, 0.29) is 17.4 Å². The zero-order chi connectivity index (χ0) is 20.2. The molecule has 1 atom stereocenters. The lowest BCUT2D eigenvalue weighted by Gasteiger charge is -2.59. The van der Waals surface area contributed by atoms with E-state index in [4.69, 9.17) is 16.1 Å². The Bertz CT molecular complexity index is 899. The summed E-state index contributed by atoms with van der Waals surface area (Å²) in [5.74, 6) is 3.05. The van der Waals surface area contributed by atoms with E-state index >= 15 is 0 Å². The number of carbonyl (C=O) groups is 1. The average Bonchev–Trinajstić information content (AvgIpc) is 3.06. The quantitative estimate of drug-likeness (QED) is 0.652. The maximum Gasteiger partial charge on any atom is 0.257 e. The third-order valence-electron chi connectivity index (χ3n) is 7.76. The smallest absolute Gasteiger partial charge is 0.257 e. The minimum Gasteiger partial charge on any atom is -0.360 e. The molecule has 2 aromatic rings. The molecule has 4 nitrogen and oxygen atoms in total. The lowest BCUT2D eigenvalue weighted by Crippen LogP contribution is -2.56. The van der Waals surface area contributed by atoms with Crippen molar-refractivity contribution < 1.29 is 9.32 Å². The summed E-state index contributed by atoms with van der Waals surface area (Å²) in [6.45, 7) is 4.01. The largest absolute Gasteiger partial charge is 0.360 e. The van der Waals surface area contributed by atoms with Gasteiger partial charge in [-0.25, -0.2) is 0 Å². The number of nitrogens with zero attached hydrogens (tertiary/aromatic N) is 1. The van der Waals surface area contributed by atoms with Crippen LogP contribution in [-0.2, 0) is 0 Å². The highest BCUT2D eigenvalue weighted by atomic mass is 35.5. The van der Waals surface area contributed by atoms with Gasteiger partial charge in [-0.1, -0.05) is 41.9 Å². The van der Waals surface area contributed by atoms with Crippen molar-refractivity contribution in [2.45, 2.75) is 64.8 Å². The second-order valence-electron chi connectivity index (χ2n) is 9.66. The molecule has 1 aromatic heterocycles. The van der Waals surface area contributed by atoms with Crippen LogP contribution in [0.5, 0.6) is 0 Å². The first kappa shape index (κ1) is 19.2. The predicted molar refractivity (Wildman–Crippen MR) is 114 cm³/mol. The van der Waals surface area contributed by atoms with Gasteiger partial charge in [0, 0.05) is 11.6 Å². The molecular formula is C24H29ClN2O2. The third kappa shape index (κ3) is 3.20. The van der Waals surface area contributed by atoms with Crippen LogP contribution in [0.3, 0.4) is 0 Å². The first-order valence-corrected chi connectivity index (χ1v) is 11.4. The van der Waals surface area contributed by atoms with Crippen LogP contribution in [0.1, 0.15) is 68.0 Å². The minimum absolute atomic E-state index is 0.0822. The average molecular weight is 413 g/mol. The second-order valence-corrected chi connectivity index (χ2v) is 10.1. The van der Waals surface area contributed by atoms with Gasteiger partial charge in [0.05, 0.1) is 5.02 Å². The molecular weight excluding hydrogens is 384 g/mol. The topological polar surface area (TPSA) is 55.1 Å². The number of aromatic nitrogens is 1. The standard InChI is InChI=1S/C24H29ClN2O2/c1-3-20(24-11-15-8-16(12-24)10-17(9-15)13-24)26-23(28)21-14(2)29-27-22(21)18-6-4-5-7-19(18)25/h4-7,15-17,20H,3,8-13H2,1-2H3,(H,26,28)/t15?,16?,17?,20-,24?/m1/s1. The molecule has 4 aliphatic rings. The first-order chi connectivity index (χ1) is 14.0. The van der Waals surface area contributed by atoms with Crippen molar-refractivity contribution in [2.75, 3.05) is 0 Å². The Morgan fingerprint density at radius 3 is 2.41 bits per heavy atom. The molecule has 4 bridgehead atoms. The molecule has 0 aliphatic heterocycles. The van der Waals surface area contributed by atoms with Crippen LogP contribution in [0, 0.1) is 30.1 Å². The normalized spacial score (nSPS) is 31.1. The number of aryl methyl sites for hydroxylation is 1. The van der Waals surface area contributed by atoms with Crippen LogP contribution in [0.15, 0.2) is 28.8 Å². The predicted octanol–water partition coefficient (Wildman–Crippen LogP) is 6.03. The van der Waals surface area contributed by atoms with E-state index in [1.807, 2.05) is 24.3 Å². The molecule has 4 fully saturated rings. The highest BCUT2D eigenvalue weighted by Crippen LogP contribution is 2.61. The van der Waals surface area contributed by atoms with Crippen LogP contribution >= 0.6 is 11.6 Å². The zero-order valence-corrected chi connectivity index (χ0v) is 18.0.